The number of nitrogens with two attached hydrogens (primary N) is 1. The summed E-state index contributed by atoms with van der Waals surface area (Å²) in [6.45, 7) is 0.402. The number of hydrogen-bond acceptors (Lipinski definition) is 4. The first-order valence-corrected chi connectivity index (χ1v) is 5.91. The predicted molar refractivity (Wildman–Crippen MR) is 65.0 cm³/mol. The van der Waals surface area contributed by atoms with Crippen LogP contribution in [0.25, 0.3) is 0 Å². The van der Waals surface area contributed by atoms with E-state index >= 15 is 0 Å². The highest BCUT2D eigenvalue weighted by molar-refractivity contribution is 6.25. The fourth-order valence-corrected chi connectivity index (χ4v) is 2.75. The molecule has 0 aromatic heterocycles. The third-order valence-corrected chi connectivity index (χ3v) is 3.76. The van der Waals surface area contributed by atoms with Gasteiger partial charge in [0, 0.05) is 6.07 Å². The Morgan fingerprint density at radius 2 is 1.94 bits per heavy atom. The third-order valence-electron chi connectivity index (χ3n) is 3.76. The third kappa shape index (κ3) is 1.37. The van der Waals surface area contributed by atoms with Gasteiger partial charge >= 0.3 is 0 Å². The number of piperidine rings is 1. The van der Waals surface area contributed by atoms with Gasteiger partial charge in [-0.25, -0.2) is 4.90 Å². The first-order chi connectivity index (χ1) is 8.69. The van der Waals surface area contributed by atoms with Gasteiger partial charge in [-0.1, -0.05) is 6.07 Å². The molecule has 0 spiro atoms. The van der Waals surface area contributed by atoms with Crippen LogP contribution >= 0.6 is 0 Å². The van der Waals surface area contributed by atoms with E-state index in [4.69, 9.17) is 10.5 Å². The second-order valence-corrected chi connectivity index (χ2v) is 4.66. The zero-order valence-corrected chi connectivity index (χ0v) is 10.00. The van der Waals surface area contributed by atoms with Crippen LogP contribution < -0.4 is 15.4 Å². The summed E-state index contributed by atoms with van der Waals surface area (Å²) in [7, 11) is 1.55. The van der Waals surface area contributed by atoms with Crippen LogP contribution in [0.5, 0.6) is 5.75 Å². The van der Waals surface area contributed by atoms with Gasteiger partial charge in [0.1, 0.15) is 5.75 Å². The molecule has 2 fully saturated rings. The van der Waals surface area contributed by atoms with E-state index in [9.17, 15) is 9.59 Å². The van der Waals surface area contributed by atoms with Crippen LogP contribution in [0.1, 0.15) is 0 Å². The Labute approximate surface area is 105 Å². The molecule has 1 heterocycles. The molecular weight excluding hydrogens is 232 g/mol. The lowest BCUT2D eigenvalue weighted by atomic mass is 10.2. The highest BCUT2D eigenvalue weighted by atomic mass is 16.5. The summed E-state index contributed by atoms with van der Waals surface area (Å²) in [5.41, 5.74) is 6.11. The molecule has 1 aromatic carbocycles. The van der Waals surface area contributed by atoms with E-state index < -0.39 is 0 Å². The molecule has 94 valence electrons. The number of imide groups is 1. The number of fused-ring (bicyclic) bond motifs is 1. The normalized spacial score (nSPS) is 29.4. The number of methoxy groups -OCH3 is 1. The van der Waals surface area contributed by atoms with Gasteiger partial charge in [-0.15, -0.1) is 0 Å². The fourth-order valence-electron chi connectivity index (χ4n) is 2.75. The van der Waals surface area contributed by atoms with Crippen molar-refractivity contribution in [2.45, 2.75) is 0 Å². The molecule has 5 heteroatoms. The summed E-state index contributed by atoms with van der Waals surface area (Å²) in [5, 5.41) is 0. The Hall–Kier alpha value is -1.88. The molecule has 2 aliphatic rings. The lowest BCUT2D eigenvalue weighted by Gasteiger charge is -2.18. The second kappa shape index (κ2) is 3.81. The van der Waals surface area contributed by atoms with Crippen molar-refractivity contribution in [1.82, 2.24) is 0 Å². The number of benzene rings is 1. The summed E-state index contributed by atoms with van der Waals surface area (Å²) in [6.07, 6.45) is 0. The van der Waals surface area contributed by atoms with Crippen molar-refractivity contribution in [3.05, 3.63) is 24.3 Å². The average molecular weight is 246 g/mol. The molecule has 2 unspecified atom stereocenters. The fraction of sp³-hybridized carbons (Fsp3) is 0.385. The summed E-state index contributed by atoms with van der Waals surface area (Å²) in [5.74, 6) is 0.0146. The minimum absolute atomic E-state index is 0.0480. The van der Waals surface area contributed by atoms with Crippen LogP contribution in [-0.2, 0) is 9.59 Å². The maximum absolute atomic E-state index is 12.1. The standard InChI is InChI=1S/C13H14N2O3/c1-18-8-4-2-3-7(5-8)15-12(16)10-9(6-14)11(10)13(15)17/h2-5,9-11H,6,14H2,1H3. The molecule has 3 rings (SSSR count). The average Bonchev–Trinajstić information content (AvgIpc) is 3.07. The van der Waals surface area contributed by atoms with Crippen molar-refractivity contribution in [2.75, 3.05) is 18.6 Å². The Morgan fingerprint density at radius 3 is 2.50 bits per heavy atom. The van der Waals surface area contributed by atoms with Crippen molar-refractivity contribution in [1.29, 1.82) is 0 Å². The number of carbonyl (C=O) groups excluding carboxylic acids is 2. The first-order valence-electron chi connectivity index (χ1n) is 5.91. The van der Waals surface area contributed by atoms with E-state index in [1.165, 1.54) is 4.90 Å². The molecule has 18 heavy (non-hydrogen) atoms. The largest absolute Gasteiger partial charge is 0.497 e. The highest BCUT2D eigenvalue weighted by Crippen LogP contribution is 2.53. The molecule has 0 bridgehead atoms. The lowest BCUT2D eigenvalue weighted by molar-refractivity contribution is -0.124. The number of carbonyl (C=O) groups is 2. The van der Waals surface area contributed by atoms with Gasteiger partial charge in [-0.2, -0.15) is 0 Å². The maximum Gasteiger partial charge on any atom is 0.238 e. The van der Waals surface area contributed by atoms with E-state index in [2.05, 4.69) is 0 Å². The molecule has 2 atom stereocenters. The van der Waals surface area contributed by atoms with Gasteiger partial charge in [0.15, 0.2) is 0 Å². The Bertz CT molecular complexity index is 507. The zero-order valence-electron chi connectivity index (χ0n) is 10.00. The Kier molecular flexibility index (Phi) is 2.38. The van der Waals surface area contributed by atoms with Crippen molar-refractivity contribution >= 4 is 17.5 Å². The molecule has 0 radical (unpaired) electrons. The van der Waals surface area contributed by atoms with E-state index in [-0.39, 0.29) is 29.6 Å². The number of nitrogens with zero attached hydrogens (tertiary/aromatic N) is 1. The van der Waals surface area contributed by atoms with Crippen molar-refractivity contribution in [2.24, 2.45) is 23.5 Å². The van der Waals surface area contributed by atoms with Crippen molar-refractivity contribution < 1.29 is 14.3 Å². The lowest BCUT2D eigenvalue weighted by Crippen LogP contribution is -2.35. The molecule has 2 amide bonds. The monoisotopic (exact) mass is 246 g/mol. The molecular formula is C13H14N2O3. The maximum atomic E-state index is 12.1. The topological polar surface area (TPSA) is 72.6 Å². The molecule has 1 saturated heterocycles. The minimum atomic E-state index is -0.200. The number of anilines is 1. The number of amides is 2. The molecule has 2 N–H and O–H groups in total. The predicted octanol–water partition coefficient (Wildman–Crippen LogP) is 0.389. The summed E-state index contributed by atoms with van der Waals surface area (Å²) >= 11 is 0. The Balaban J connectivity index is 1.90. The van der Waals surface area contributed by atoms with Crippen molar-refractivity contribution in [3.8, 4) is 5.75 Å². The summed E-state index contributed by atoms with van der Waals surface area (Å²) in [6, 6.07) is 6.97. The van der Waals surface area contributed by atoms with E-state index in [1.807, 2.05) is 0 Å². The second-order valence-electron chi connectivity index (χ2n) is 4.66. The molecule has 1 saturated carbocycles. The van der Waals surface area contributed by atoms with Gasteiger partial charge in [0.05, 0.1) is 24.6 Å². The van der Waals surface area contributed by atoms with Crippen molar-refractivity contribution in [3.63, 3.8) is 0 Å². The van der Waals surface area contributed by atoms with E-state index in [0.29, 0.717) is 18.0 Å². The summed E-state index contributed by atoms with van der Waals surface area (Å²) < 4.78 is 5.10. The van der Waals surface area contributed by atoms with Gasteiger partial charge in [-0.05, 0) is 24.6 Å². The van der Waals surface area contributed by atoms with Crippen LogP contribution in [0, 0.1) is 17.8 Å². The quantitative estimate of drug-likeness (QED) is 0.783. The van der Waals surface area contributed by atoms with Crippen LogP contribution in [0.4, 0.5) is 5.69 Å². The van der Waals surface area contributed by atoms with Crippen LogP contribution in [-0.4, -0.2) is 25.5 Å². The van der Waals surface area contributed by atoms with Crippen LogP contribution in [0.2, 0.25) is 0 Å². The van der Waals surface area contributed by atoms with E-state index in [1.54, 1.807) is 31.4 Å². The van der Waals surface area contributed by atoms with E-state index in [0.717, 1.165) is 0 Å². The highest BCUT2D eigenvalue weighted by Gasteiger charge is 2.66. The molecule has 1 aromatic rings. The molecule has 1 aliphatic heterocycles. The van der Waals surface area contributed by atoms with Gasteiger partial charge in [-0.3, -0.25) is 9.59 Å². The van der Waals surface area contributed by atoms with Gasteiger partial charge in [0.25, 0.3) is 0 Å². The number of ether oxygens (including phenoxy) is 1. The first kappa shape index (κ1) is 11.2. The van der Waals surface area contributed by atoms with Crippen LogP contribution in [0.3, 0.4) is 0 Å². The summed E-state index contributed by atoms with van der Waals surface area (Å²) in [4.78, 5) is 25.5. The van der Waals surface area contributed by atoms with Gasteiger partial charge in [0.2, 0.25) is 11.8 Å². The smallest absolute Gasteiger partial charge is 0.238 e. The van der Waals surface area contributed by atoms with Gasteiger partial charge < -0.3 is 10.5 Å². The molecule has 5 nitrogen and oxygen atoms in total. The molecule has 1 aliphatic carbocycles. The zero-order chi connectivity index (χ0) is 12.9. The van der Waals surface area contributed by atoms with Crippen LogP contribution in [0.15, 0.2) is 24.3 Å². The Morgan fingerprint density at radius 1 is 1.28 bits per heavy atom. The number of hydrogen-bond donors (Lipinski definition) is 1. The SMILES string of the molecule is COc1cccc(N2C(=O)C3C(CN)C3C2=O)c1. The number of rotatable bonds is 3. The minimum Gasteiger partial charge on any atom is -0.497 e.